The van der Waals surface area contributed by atoms with Crippen LogP contribution in [0.2, 0.25) is 0 Å². The predicted octanol–water partition coefficient (Wildman–Crippen LogP) is 3.46. The Morgan fingerprint density at radius 2 is 1.43 bits per heavy atom. The highest BCUT2D eigenvalue weighted by Gasteiger charge is 2.11. The molecule has 8 heteroatoms. The third kappa shape index (κ3) is 7.89. The number of nitrogens with two attached hydrogens (primary N) is 1. The van der Waals surface area contributed by atoms with E-state index in [1.54, 1.807) is 24.3 Å². The first-order valence-corrected chi connectivity index (χ1v) is 10.3. The van der Waals surface area contributed by atoms with E-state index in [-0.39, 0.29) is 16.0 Å². The van der Waals surface area contributed by atoms with Crippen molar-refractivity contribution in [2.45, 2.75) is 44.4 Å². The minimum Gasteiger partial charge on any atom is -0.478 e. The Hall–Kier alpha value is -2.71. The Bertz CT molecular complexity index is 888. The number of primary sulfonamides is 1. The van der Waals surface area contributed by atoms with Crippen molar-refractivity contribution in [1.82, 2.24) is 0 Å². The van der Waals surface area contributed by atoms with Gasteiger partial charge in [-0.15, -0.1) is 0 Å². The fourth-order valence-corrected chi connectivity index (χ4v) is 2.91. The number of hydrogen-bond donors (Lipinski definition) is 3. The second kappa shape index (κ2) is 10.6. The van der Waals surface area contributed by atoms with E-state index in [9.17, 15) is 18.0 Å². The van der Waals surface area contributed by atoms with Crippen LogP contribution < -0.4 is 5.14 Å². The van der Waals surface area contributed by atoms with Crippen LogP contribution in [0.3, 0.4) is 0 Å². The van der Waals surface area contributed by atoms with Crippen LogP contribution in [0.5, 0.6) is 0 Å². The molecule has 0 saturated carbocycles. The second-order valence-corrected chi connectivity index (χ2v) is 7.91. The maximum atomic E-state index is 10.9. The van der Waals surface area contributed by atoms with Crippen LogP contribution in [0.15, 0.2) is 47.4 Å². The molecular formula is C20H25NO6S. The SMILES string of the molecule is CCCCCc1cc(C(=O)O)cc(C(=O)O)c1.Cc1ccc(S(N)(=O)=O)cc1. The Morgan fingerprint density at radius 3 is 1.82 bits per heavy atom. The quantitative estimate of drug-likeness (QED) is 0.602. The summed E-state index contributed by atoms with van der Waals surface area (Å²) in [5.74, 6) is -2.19. The number of carboxylic acids is 2. The lowest BCUT2D eigenvalue weighted by Gasteiger charge is -2.05. The molecule has 28 heavy (non-hydrogen) atoms. The monoisotopic (exact) mass is 407 g/mol. The molecule has 152 valence electrons. The molecule has 4 N–H and O–H groups in total. The fourth-order valence-electron chi connectivity index (χ4n) is 2.39. The molecule has 0 saturated heterocycles. The number of aromatic carboxylic acids is 2. The first kappa shape index (κ1) is 23.3. The van der Waals surface area contributed by atoms with Gasteiger partial charge in [0.1, 0.15) is 0 Å². The van der Waals surface area contributed by atoms with Gasteiger partial charge in [-0.05, 0) is 55.7 Å². The van der Waals surface area contributed by atoms with Gasteiger partial charge in [-0.3, -0.25) is 0 Å². The molecule has 2 aromatic rings. The highest BCUT2D eigenvalue weighted by molar-refractivity contribution is 7.89. The highest BCUT2D eigenvalue weighted by Crippen LogP contribution is 2.14. The van der Waals surface area contributed by atoms with Crippen molar-refractivity contribution in [1.29, 1.82) is 0 Å². The van der Waals surface area contributed by atoms with Crippen LogP contribution in [-0.4, -0.2) is 30.6 Å². The summed E-state index contributed by atoms with van der Waals surface area (Å²) in [7, 11) is -3.52. The van der Waals surface area contributed by atoms with Crippen molar-refractivity contribution in [2.24, 2.45) is 5.14 Å². The number of aryl methyl sites for hydroxylation is 2. The molecule has 0 fully saturated rings. The summed E-state index contributed by atoms with van der Waals surface area (Å²) in [4.78, 5) is 21.9. The van der Waals surface area contributed by atoms with Crippen molar-refractivity contribution in [3.63, 3.8) is 0 Å². The second-order valence-electron chi connectivity index (χ2n) is 6.34. The average Bonchev–Trinajstić information content (AvgIpc) is 2.61. The van der Waals surface area contributed by atoms with E-state index in [0.717, 1.165) is 36.8 Å². The normalized spacial score (nSPS) is 10.7. The zero-order valence-corrected chi connectivity index (χ0v) is 16.7. The lowest BCUT2D eigenvalue weighted by atomic mass is 10.0. The number of rotatable bonds is 7. The number of unbranched alkanes of at least 4 members (excludes halogenated alkanes) is 2. The Kier molecular flexibility index (Phi) is 8.81. The fraction of sp³-hybridized carbons (Fsp3) is 0.300. The van der Waals surface area contributed by atoms with Gasteiger partial charge in [0.15, 0.2) is 0 Å². The summed E-state index contributed by atoms with van der Waals surface area (Å²) in [6, 6.07) is 10.7. The maximum absolute atomic E-state index is 10.9. The number of hydrogen-bond acceptors (Lipinski definition) is 4. The van der Waals surface area contributed by atoms with Crippen LogP contribution in [0.25, 0.3) is 0 Å². The smallest absolute Gasteiger partial charge is 0.335 e. The standard InChI is InChI=1S/C13H16O4.C7H9NO2S/c1-2-3-4-5-9-6-10(12(14)15)8-11(7-9)13(16)17;1-6-2-4-7(5-3-6)11(8,9)10/h6-8H,2-5H2,1H3,(H,14,15)(H,16,17);2-5H,1H3,(H2,8,9,10). The number of carbonyl (C=O) groups is 2. The van der Waals surface area contributed by atoms with E-state index >= 15 is 0 Å². The van der Waals surface area contributed by atoms with Crippen LogP contribution in [0, 0.1) is 6.92 Å². The van der Waals surface area contributed by atoms with Crippen molar-refractivity contribution in [3.8, 4) is 0 Å². The van der Waals surface area contributed by atoms with E-state index in [1.165, 1.54) is 18.2 Å². The minimum atomic E-state index is -3.52. The number of carboxylic acid groups (broad SMARTS) is 2. The first-order chi connectivity index (χ1) is 13.0. The van der Waals surface area contributed by atoms with Gasteiger partial charge in [-0.2, -0.15) is 0 Å². The van der Waals surface area contributed by atoms with Gasteiger partial charge in [0.25, 0.3) is 0 Å². The largest absolute Gasteiger partial charge is 0.478 e. The molecule has 0 aromatic heterocycles. The average molecular weight is 407 g/mol. The van der Waals surface area contributed by atoms with Gasteiger partial charge < -0.3 is 10.2 Å². The Morgan fingerprint density at radius 1 is 0.929 bits per heavy atom. The van der Waals surface area contributed by atoms with E-state index in [4.69, 9.17) is 15.4 Å². The first-order valence-electron chi connectivity index (χ1n) is 8.74. The number of sulfonamides is 1. The van der Waals surface area contributed by atoms with Gasteiger partial charge in [-0.1, -0.05) is 37.5 Å². The Balaban J connectivity index is 0.000000307. The van der Waals surface area contributed by atoms with Crippen molar-refractivity contribution in [3.05, 3.63) is 64.7 Å². The third-order valence-corrected chi connectivity index (χ3v) is 4.83. The number of benzene rings is 2. The summed E-state index contributed by atoms with van der Waals surface area (Å²) in [5.41, 5.74) is 1.86. The highest BCUT2D eigenvalue weighted by atomic mass is 32.2. The van der Waals surface area contributed by atoms with Gasteiger partial charge >= 0.3 is 11.9 Å². The molecule has 0 aliphatic rings. The molecule has 0 spiro atoms. The van der Waals surface area contributed by atoms with Crippen LogP contribution in [0.4, 0.5) is 0 Å². The van der Waals surface area contributed by atoms with E-state index < -0.39 is 22.0 Å². The van der Waals surface area contributed by atoms with Crippen LogP contribution in [0.1, 0.15) is 58.0 Å². The molecule has 0 bridgehead atoms. The zero-order valence-electron chi connectivity index (χ0n) is 15.9. The summed E-state index contributed by atoms with van der Waals surface area (Å²) in [6.45, 7) is 3.96. The van der Waals surface area contributed by atoms with Crippen LogP contribution >= 0.6 is 0 Å². The summed E-state index contributed by atoms with van der Waals surface area (Å²) >= 11 is 0. The molecule has 2 aromatic carbocycles. The lowest BCUT2D eigenvalue weighted by Crippen LogP contribution is -2.11. The van der Waals surface area contributed by atoms with E-state index in [1.807, 2.05) is 6.92 Å². The maximum Gasteiger partial charge on any atom is 0.335 e. The molecule has 0 atom stereocenters. The summed E-state index contributed by atoms with van der Waals surface area (Å²) < 4.78 is 21.4. The molecule has 7 nitrogen and oxygen atoms in total. The molecule has 0 aliphatic carbocycles. The van der Waals surface area contributed by atoms with Gasteiger partial charge in [0.2, 0.25) is 10.0 Å². The topological polar surface area (TPSA) is 135 Å². The molecular weight excluding hydrogens is 382 g/mol. The van der Waals surface area contributed by atoms with Gasteiger partial charge in [-0.25, -0.2) is 23.1 Å². The Labute approximate surface area is 164 Å². The van der Waals surface area contributed by atoms with Crippen LogP contribution in [-0.2, 0) is 16.4 Å². The van der Waals surface area contributed by atoms with Gasteiger partial charge in [0.05, 0.1) is 16.0 Å². The van der Waals surface area contributed by atoms with Crippen molar-refractivity contribution < 1.29 is 28.2 Å². The molecule has 0 amide bonds. The molecule has 0 aliphatic heterocycles. The van der Waals surface area contributed by atoms with Gasteiger partial charge in [0, 0.05) is 0 Å². The summed E-state index contributed by atoms with van der Waals surface area (Å²) in [6.07, 6.45) is 3.79. The minimum absolute atomic E-state index is 0.0383. The summed E-state index contributed by atoms with van der Waals surface area (Å²) in [5, 5.41) is 22.7. The zero-order chi connectivity index (χ0) is 21.3. The lowest BCUT2D eigenvalue weighted by molar-refractivity contribution is 0.0696. The van der Waals surface area contributed by atoms with Crippen molar-refractivity contribution in [2.75, 3.05) is 0 Å². The van der Waals surface area contributed by atoms with Crippen molar-refractivity contribution >= 4 is 22.0 Å². The third-order valence-electron chi connectivity index (χ3n) is 3.91. The van der Waals surface area contributed by atoms with E-state index in [0.29, 0.717) is 0 Å². The predicted molar refractivity (Wildman–Crippen MR) is 106 cm³/mol. The molecule has 2 rings (SSSR count). The molecule has 0 radical (unpaired) electrons. The molecule has 0 unspecified atom stereocenters. The van der Waals surface area contributed by atoms with E-state index in [2.05, 4.69) is 6.92 Å². The molecule has 0 heterocycles.